The molecule has 1 heterocycles. The lowest BCUT2D eigenvalue weighted by Gasteiger charge is -2.17. The number of rotatable bonds is 5. The van der Waals surface area contributed by atoms with Crippen LogP contribution in [0, 0.1) is 6.92 Å². The van der Waals surface area contributed by atoms with E-state index < -0.39 is 0 Å². The standard InChI is InChI=1S/C26H22N2OS/c1-17-23(27-19-9-4-3-5-10-19)15-18(16-24(17)28-30-2)20-12-8-13-22-21-11-6-7-14-25(21)29-26(20)22/h3-16,27-28H,1-2H3. The maximum Gasteiger partial charge on any atom is 0.143 e. The molecule has 0 amide bonds. The van der Waals surface area contributed by atoms with Crippen molar-refractivity contribution in [3.05, 3.63) is 90.5 Å². The van der Waals surface area contributed by atoms with Gasteiger partial charge in [0.25, 0.3) is 0 Å². The second-order valence-corrected chi connectivity index (χ2v) is 7.89. The van der Waals surface area contributed by atoms with Gasteiger partial charge in [-0.25, -0.2) is 0 Å². The van der Waals surface area contributed by atoms with Gasteiger partial charge in [0.05, 0.1) is 0 Å². The minimum Gasteiger partial charge on any atom is -0.455 e. The van der Waals surface area contributed by atoms with Gasteiger partial charge in [-0.2, -0.15) is 0 Å². The largest absolute Gasteiger partial charge is 0.455 e. The van der Waals surface area contributed by atoms with Crippen molar-refractivity contribution in [1.29, 1.82) is 0 Å². The predicted molar refractivity (Wildman–Crippen MR) is 131 cm³/mol. The Kier molecular flexibility index (Phi) is 4.85. The lowest BCUT2D eigenvalue weighted by atomic mass is 9.99. The monoisotopic (exact) mass is 410 g/mol. The summed E-state index contributed by atoms with van der Waals surface area (Å²) in [5.41, 5.74) is 8.43. The highest BCUT2D eigenvalue weighted by atomic mass is 32.2. The van der Waals surface area contributed by atoms with Crippen molar-refractivity contribution in [2.45, 2.75) is 6.92 Å². The van der Waals surface area contributed by atoms with Gasteiger partial charge in [0.15, 0.2) is 0 Å². The Morgan fingerprint density at radius 2 is 1.50 bits per heavy atom. The van der Waals surface area contributed by atoms with Crippen LogP contribution in [-0.4, -0.2) is 6.26 Å². The Labute approximate surface area is 180 Å². The van der Waals surface area contributed by atoms with Gasteiger partial charge in [0, 0.05) is 39.7 Å². The van der Waals surface area contributed by atoms with Gasteiger partial charge in [-0.05, 0) is 48.4 Å². The van der Waals surface area contributed by atoms with Crippen LogP contribution in [0.3, 0.4) is 0 Å². The molecule has 0 atom stereocenters. The number of fused-ring (bicyclic) bond motifs is 3. The van der Waals surface area contributed by atoms with Crippen molar-refractivity contribution in [2.75, 3.05) is 16.3 Å². The van der Waals surface area contributed by atoms with E-state index in [1.807, 2.05) is 36.6 Å². The molecule has 2 N–H and O–H groups in total. The molecule has 0 spiro atoms. The summed E-state index contributed by atoms with van der Waals surface area (Å²) in [6.45, 7) is 2.13. The van der Waals surface area contributed by atoms with Crippen molar-refractivity contribution in [2.24, 2.45) is 0 Å². The molecule has 0 saturated carbocycles. The Morgan fingerprint density at radius 1 is 0.767 bits per heavy atom. The molecule has 30 heavy (non-hydrogen) atoms. The van der Waals surface area contributed by atoms with Crippen LogP contribution in [0.2, 0.25) is 0 Å². The highest BCUT2D eigenvalue weighted by Crippen LogP contribution is 2.39. The lowest BCUT2D eigenvalue weighted by molar-refractivity contribution is 0.670. The third-order valence-corrected chi connectivity index (χ3v) is 5.81. The van der Waals surface area contributed by atoms with E-state index >= 15 is 0 Å². The Morgan fingerprint density at radius 3 is 2.33 bits per heavy atom. The normalized spacial score (nSPS) is 11.1. The first-order chi connectivity index (χ1) is 14.7. The molecule has 0 saturated heterocycles. The molecule has 0 unspecified atom stereocenters. The first-order valence-corrected chi connectivity index (χ1v) is 11.1. The molecular formula is C26H22N2OS. The minimum absolute atomic E-state index is 0.914. The maximum absolute atomic E-state index is 6.28. The summed E-state index contributed by atoms with van der Waals surface area (Å²) >= 11 is 1.59. The summed E-state index contributed by atoms with van der Waals surface area (Å²) in [6.07, 6.45) is 2.04. The molecule has 0 aliphatic carbocycles. The van der Waals surface area contributed by atoms with Crippen LogP contribution >= 0.6 is 11.9 Å². The molecule has 5 rings (SSSR count). The average molecular weight is 411 g/mol. The highest BCUT2D eigenvalue weighted by molar-refractivity contribution is 7.99. The van der Waals surface area contributed by atoms with Crippen molar-refractivity contribution in [1.82, 2.24) is 0 Å². The van der Waals surface area contributed by atoms with Crippen LogP contribution in [0.5, 0.6) is 0 Å². The van der Waals surface area contributed by atoms with Gasteiger partial charge in [-0.15, -0.1) is 0 Å². The summed E-state index contributed by atoms with van der Waals surface area (Å²) in [6, 6.07) is 29.2. The number of anilines is 3. The minimum atomic E-state index is 0.914. The van der Waals surface area contributed by atoms with Crippen molar-refractivity contribution >= 4 is 50.9 Å². The maximum atomic E-state index is 6.28. The molecule has 0 aliphatic heterocycles. The van der Waals surface area contributed by atoms with Gasteiger partial charge >= 0.3 is 0 Å². The zero-order valence-electron chi connectivity index (χ0n) is 16.9. The molecule has 0 bridgehead atoms. The fourth-order valence-corrected chi connectivity index (χ4v) is 4.30. The molecule has 4 heteroatoms. The van der Waals surface area contributed by atoms with Gasteiger partial charge in [0.2, 0.25) is 0 Å². The van der Waals surface area contributed by atoms with E-state index in [2.05, 4.69) is 71.6 Å². The van der Waals surface area contributed by atoms with E-state index in [9.17, 15) is 0 Å². The number of para-hydroxylation sites is 3. The number of furan rings is 1. The van der Waals surface area contributed by atoms with Crippen LogP contribution in [0.15, 0.2) is 89.3 Å². The molecule has 3 nitrogen and oxygen atoms in total. The number of hydrogen-bond donors (Lipinski definition) is 2. The topological polar surface area (TPSA) is 37.2 Å². The van der Waals surface area contributed by atoms with E-state index in [0.717, 1.165) is 50.1 Å². The highest BCUT2D eigenvalue weighted by Gasteiger charge is 2.15. The van der Waals surface area contributed by atoms with E-state index in [1.54, 1.807) is 11.9 Å². The average Bonchev–Trinajstić information content (AvgIpc) is 3.16. The van der Waals surface area contributed by atoms with Crippen LogP contribution in [-0.2, 0) is 0 Å². The SMILES string of the molecule is CSNc1cc(-c2cccc3c2oc2ccccc23)cc(Nc2ccccc2)c1C. The summed E-state index contributed by atoms with van der Waals surface area (Å²) in [5, 5.41) is 5.86. The third-order valence-electron chi connectivity index (χ3n) is 5.39. The Balaban J connectivity index is 1.70. The van der Waals surface area contributed by atoms with E-state index in [-0.39, 0.29) is 0 Å². The number of benzene rings is 4. The van der Waals surface area contributed by atoms with Crippen LogP contribution in [0.1, 0.15) is 5.56 Å². The zero-order valence-corrected chi connectivity index (χ0v) is 17.7. The fraction of sp³-hybridized carbons (Fsp3) is 0.0769. The molecule has 148 valence electrons. The first kappa shape index (κ1) is 18.6. The Bertz CT molecular complexity index is 1340. The smallest absolute Gasteiger partial charge is 0.143 e. The quantitative estimate of drug-likeness (QED) is 0.288. The lowest BCUT2D eigenvalue weighted by Crippen LogP contribution is -1.98. The van der Waals surface area contributed by atoms with Crippen molar-refractivity contribution in [3.8, 4) is 11.1 Å². The number of hydrogen-bond acceptors (Lipinski definition) is 4. The van der Waals surface area contributed by atoms with Gasteiger partial charge < -0.3 is 14.5 Å². The van der Waals surface area contributed by atoms with Crippen LogP contribution in [0.4, 0.5) is 17.1 Å². The second-order valence-electron chi connectivity index (χ2n) is 7.27. The Hall–Kier alpha value is -3.37. The molecule has 5 aromatic rings. The van der Waals surface area contributed by atoms with Crippen molar-refractivity contribution in [3.63, 3.8) is 0 Å². The van der Waals surface area contributed by atoms with Crippen LogP contribution < -0.4 is 10.0 Å². The molecule has 4 aromatic carbocycles. The third kappa shape index (κ3) is 3.29. The van der Waals surface area contributed by atoms with E-state index in [0.29, 0.717) is 0 Å². The molecule has 0 fully saturated rings. The second kappa shape index (κ2) is 7.81. The summed E-state index contributed by atoms with van der Waals surface area (Å²) in [7, 11) is 0. The number of nitrogens with one attached hydrogen (secondary N) is 2. The van der Waals surface area contributed by atoms with Gasteiger partial charge in [0.1, 0.15) is 11.2 Å². The van der Waals surface area contributed by atoms with Crippen LogP contribution in [0.25, 0.3) is 33.1 Å². The fourth-order valence-electron chi connectivity index (χ4n) is 3.87. The summed E-state index contributed by atoms with van der Waals surface area (Å²) in [4.78, 5) is 0. The van der Waals surface area contributed by atoms with Crippen molar-refractivity contribution < 1.29 is 4.42 Å². The van der Waals surface area contributed by atoms with Gasteiger partial charge in [-0.1, -0.05) is 66.5 Å². The first-order valence-electron chi connectivity index (χ1n) is 9.91. The molecule has 0 aliphatic rings. The van der Waals surface area contributed by atoms with E-state index in [4.69, 9.17) is 4.42 Å². The predicted octanol–water partition coefficient (Wildman–Crippen LogP) is 7.99. The molecule has 0 radical (unpaired) electrons. The van der Waals surface area contributed by atoms with Gasteiger partial charge in [-0.3, -0.25) is 0 Å². The zero-order chi connectivity index (χ0) is 20.5. The summed E-state index contributed by atoms with van der Waals surface area (Å²) in [5.74, 6) is 0. The molecular weight excluding hydrogens is 388 g/mol. The van der Waals surface area contributed by atoms with E-state index in [1.165, 1.54) is 5.56 Å². The molecule has 1 aromatic heterocycles. The summed E-state index contributed by atoms with van der Waals surface area (Å²) < 4.78 is 9.71.